The summed E-state index contributed by atoms with van der Waals surface area (Å²) >= 11 is 0. The van der Waals surface area contributed by atoms with Crippen LogP contribution < -0.4 is 10.6 Å². The molecule has 0 saturated carbocycles. The molecule has 0 aliphatic carbocycles. The molecule has 1 aliphatic rings. The molecule has 3 nitrogen and oxygen atoms in total. The van der Waals surface area contributed by atoms with Gasteiger partial charge < -0.3 is 10.6 Å². The van der Waals surface area contributed by atoms with Gasteiger partial charge in [0.15, 0.2) is 0 Å². The van der Waals surface area contributed by atoms with Gasteiger partial charge in [0, 0.05) is 6.54 Å². The van der Waals surface area contributed by atoms with Gasteiger partial charge in [0.2, 0.25) is 5.91 Å². The van der Waals surface area contributed by atoms with Crippen molar-refractivity contribution in [3.05, 3.63) is 35.4 Å². The first-order valence-electron chi connectivity index (χ1n) is 6.24. The van der Waals surface area contributed by atoms with E-state index in [4.69, 9.17) is 0 Å². The maximum atomic E-state index is 11.9. The van der Waals surface area contributed by atoms with Gasteiger partial charge in [-0.1, -0.05) is 29.8 Å². The molecule has 1 aliphatic heterocycles. The van der Waals surface area contributed by atoms with Crippen LogP contribution in [0.25, 0.3) is 0 Å². The van der Waals surface area contributed by atoms with Crippen LogP contribution in [0.1, 0.15) is 30.5 Å². The molecule has 2 rings (SSSR count). The first-order valence-corrected chi connectivity index (χ1v) is 6.24. The Morgan fingerprint density at radius 1 is 1.41 bits per heavy atom. The van der Waals surface area contributed by atoms with E-state index in [0.717, 1.165) is 25.1 Å². The molecule has 0 radical (unpaired) electrons. The number of aryl methyl sites for hydroxylation is 1. The van der Waals surface area contributed by atoms with Crippen LogP contribution in [0.4, 0.5) is 0 Å². The van der Waals surface area contributed by atoms with E-state index in [-0.39, 0.29) is 17.9 Å². The average molecular weight is 232 g/mol. The van der Waals surface area contributed by atoms with E-state index < -0.39 is 0 Å². The predicted octanol–water partition coefficient (Wildman–Crippen LogP) is 1.78. The third-order valence-electron chi connectivity index (χ3n) is 3.37. The Hall–Kier alpha value is -1.35. The maximum absolute atomic E-state index is 11.9. The van der Waals surface area contributed by atoms with Gasteiger partial charge in [-0.25, -0.2) is 0 Å². The van der Waals surface area contributed by atoms with Crippen molar-refractivity contribution >= 4 is 5.91 Å². The summed E-state index contributed by atoms with van der Waals surface area (Å²) in [6.45, 7) is 5.87. The second-order valence-corrected chi connectivity index (χ2v) is 4.83. The highest BCUT2D eigenvalue weighted by atomic mass is 16.2. The molecule has 0 aromatic heterocycles. The summed E-state index contributed by atoms with van der Waals surface area (Å²) in [6, 6.07) is 8.40. The Morgan fingerprint density at radius 3 is 2.71 bits per heavy atom. The van der Waals surface area contributed by atoms with Gasteiger partial charge in [0.1, 0.15) is 0 Å². The van der Waals surface area contributed by atoms with Crippen molar-refractivity contribution in [1.82, 2.24) is 10.6 Å². The van der Waals surface area contributed by atoms with Crippen LogP contribution in [0.3, 0.4) is 0 Å². The fraction of sp³-hybridized carbons (Fsp3) is 0.500. The van der Waals surface area contributed by atoms with E-state index in [1.807, 2.05) is 6.92 Å². The largest absolute Gasteiger partial charge is 0.349 e. The number of hydrogen-bond donors (Lipinski definition) is 2. The van der Waals surface area contributed by atoms with Crippen LogP contribution in [0.15, 0.2) is 24.3 Å². The standard InChI is InChI=1S/C14H20N2O/c1-10-3-5-12(6-4-10)11(2)16-14(17)13-7-8-15-9-13/h3-6,11,13,15H,7-9H2,1-2H3,(H,16,17)/t11-,13?/m0/s1. The second kappa shape index (κ2) is 5.32. The minimum atomic E-state index is 0.0868. The number of rotatable bonds is 3. The molecule has 3 heteroatoms. The highest BCUT2D eigenvalue weighted by Gasteiger charge is 2.23. The van der Waals surface area contributed by atoms with Crippen molar-refractivity contribution < 1.29 is 4.79 Å². The lowest BCUT2D eigenvalue weighted by atomic mass is 10.0. The topological polar surface area (TPSA) is 41.1 Å². The van der Waals surface area contributed by atoms with E-state index in [0.29, 0.717) is 0 Å². The molecule has 0 bridgehead atoms. The molecule has 1 aromatic rings. The minimum Gasteiger partial charge on any atom is -0.349 e. The van der Waals surface area contributed by atoms with Crippen LogP contribution in [-0.2, 0) is 4.79 Å². The van der Waals surface area contributed by atoms with Gasteiger partial charge >= 0.3 is 0 Å². The SMILES string of the molecule is Cc1ccc([C@H](C)NC(=O)C2CCNC2)cc1. The normalized spacial score (nSPS) is 21.2. The third kappa shape index (κ3) is 3.07. The smallest absolute Gasteiger partial charge is 0.224 e. The van der Waals surface area contributed by atoms with Gasteiger partial charge in [0.25, 0.3) is 0 Å². The Balaban J connectivity index is 1.93. The molecule has 1 unspecified atom stereocenters. The Bertz CT molecular complexity index is 380. The molecule has 1 amide bonds. The zero-order chi connectivity index (χ0) is 12.3. The fourth-order valence-corrected chi connectivity index (χ4v) is 2.15. The van der Waals surface area contributed by atoms with Gasteiger partial charge in [-0.3, -0.25) is 4.79 Å². The monoisotopic (exact) mass is 232 g/mol. The van der Waals surface area contributed by atoms with Crippen molar-refractivity contribution in [1.29, 1.82) is 0 Å². The minimum absolute atomic E-state index is 0.0868. The molecule has 1 fully saturated rings. The summed E-state index contributed by atoms with van der Waals surface area (Å²) in [5.41, 5.74) is 2.40. The van der Waals surface area contributed by atoms with Crippen LogP contribution >= 0.6 is 0 Å². The Labute approximate surface area is 103 Å². The number of benzene rings is 1. The number of nitrogens with one attached hydrogen (secondary N) is 2. The first-order chi connectivity index (χ1) is 8.16. The summed E-state index contributed by atoms with van der Waals surface area (Å²) in [7, 11) is 0. The zero-order valence-corrected chi connectivity index (χ0v) is 10.5. The molecule has 17 heavy (non-hydrogen) atoms. The van der Waals surface area contributed by atoms with Gasteiger partial charge in [-0.2, -0.15) is 0 Å². The fourth-order valence-electron chi connectivity index (χ4n) is 2.15. The second-order valence-electron chi connectivity index (χ2n) is 4.83. The van der Waals surface area contributed by atoms with Crippen molar-refractivity contribution in [2.45, 2.75) is 26.3 Å². The van der Waals surface area contributed by atoms with Crippen LogP contribution in [0, 0.1) is 12.8 Å². The molecule has 2 atom stereocenters. The summed E-state index contributed by atoms with van der Waals surface area (Å²) < 4.78 is 0. The summed E-state index contributed by atoms with van der Waals surface area (Å²) in [5.74, 6) is 0.311. The number of carbonyl (C=O) groups is 1. The van der Waals surface area contributed by atoms with E-state index in [9.17, 15) is 4.79 Å². The molecule has 92 valence electrons. The van der Waals surface area contributed by atoms with Crippen molar-refractivity contribution in [2.75, 3.05) is 13.1 Å². The Kier molecular flexibility index (Phi) is 3.79. The first kappa shape index (κ1) is 12.1. The maximum Gasteiger partial charge on any atom is 0.224 e. The number of carbonyl (C=O) groups excluding carboxylic acids is 1. The van der Waals surface area contributed by atoms with E-state index in [1.54, 1.807) is 0 Å². The molecule has 1 aromatic carbocycles. The van der Waals surface area contributed by atoms with Crippen molar-refractivity contribution in [3.8, 4) is 0 Å². The highest BCUT2D eigenvalue weighted by Crippen LogP contribution is 2.15. The third-order valence-corrected chi connectivity index (χ3v) is 3.37. The van der Waals surface area contributed by atoms with Gasteiger partial charge in [-0.15, -0.1) is 0 Å². The number of hydrogen-bond acceptors (Lipinski definition) is 2. The van der Waals surface area contributed by atoms with E-state index >= 15 is 0 Å². The lowest BCUT2D eigenvalue weighted by Crippen LogP contribution is -2.33. The van der Waals surface area contributed by atoms with Gasteiger partial charge in [-0.05, 0) is 32.4 Å². The Morgan fingerprint density at radius 2 is 2.12 bits per heavy atom. The highest BCUT2D eigenvalue weighted by molar-refractivity contribution is 5.79. The predicted molar refractivity (Wildman–Crippen MR) is 68.7 cm³/mol. The van der Waals surface area contributed by atoms with E-state index in [2.05, 4.69) is 41.8 Å². The summed E-state index contributed by atoms with van der Waals surface area (Å²) in [5, 5.41) is 6.29. The van der Waals surface area contributed by atoms with Crippen molar-refractivity contribution in [3.63, 3.8) is 0 Å². The quantitative estimate of drug-likeness (QED) is 0.834. The lowest BCUT2D eigenvalue weighted by molar-refractivity contribution is -0.125. The molecule has 1 heterocycles. The molecule has 2 N–H and O–H groups in total. The summed E-state index contributed by atoms with van der Waals surface area (Å²) in [6.07, 6.45) is 0.951. The molecule has 0 spiro atoms. The van der Waals surface area contributed by atoms with Crippen molar-refractivity contribution in [2.24, 2.45) is 5.92 Å². The molecular formula is C14H20N2O. The summed E-state index contributed by atoms with van der Waals surface area (Å²) in [4.78, 5) is 11.9. The van der Waals surface area contributed by atoms with Crippen LogP contribution in [0.2, 0.25) is 0 Å². The van der Waals surface area contributed by atoms with Crippen LogP contribution in [0.5, 0.6) is 0 Å². The average Bonchev–Trinajstić information content (AvgIpc) is 2.83. The van der Waals surface area contributed by atoms with Gasteiger partial charge in [0.05, 0.1) is 12.0 Å². The zero-order valence-electron chi connectivity index (χ0n) is 10.5. The molecular weight excluding hydrogens is 212 g/mol. The number of amides is 1. The molecule has 1 saturated heterocycles. The van der Waals surface area contributed by atoms with Crippen LogP contribution in [-0.4, -0.2) is 19.0 Å². The van der Waals surface area contributed by atoms with E-state index in [1.165, 1.54) is 5.56 Å². The lowest BCUT2D eigenvalue weighted by Gasteiger charge is -2.17.